The van der Waals surface area contributed by atoms with Gasteiger partial charge >= 0.3 is 12.1 Å². The molecule has 3 N–H and O–H groups in total. The number of nitrogens with one attached hydrogen (secondary N) is 2. The van der Waals surface area contributed by atoms with Crippen LogP contribution in [0.1, 0.15) is 29.9 Å². The Balaban J connectivity index is 1.45. The number of carboxylic acids is 1. The summed E-state index contributed by atoms with van der Waals surface area (Å²) in [6.45, 7) is 0.172. The van der Waals surface area contributed by atoms with Gasteiger partial charge in [-0.25, -0.2) is 4.79 Å². The topological polar surface area (TPSA) is 114 Å². The zero-order valence-electron chi connectivity index (χ0n) is 16.9. The van der Waals surface area contributed by atoms with E-state index in [1.54, 1.807) is 0 Å². The first-order valence-corrected chi connectivity index (χ1v) is 10.2. The van der Waals surface area contributed by atoms with E-state index in [4.69, 9.17) is 14.6 Å². The summed E-state index contributed by atoms with van der Waals surface area (Å²) in [4.78, 5) is 36.1. The first-order valence-electron chi connectivity index (χ1n) is 10.2. The van der Waals surface area contributed by atoms with E-state index in [2.05, 4.69) is 22.8 Å². The van der Waals surface area contributed by atoms with Gasteiger partial charge in [0.15, 0.2) is 0 Å². The van der Waals surface area contributed by atoms with Gasteiger partial charge in [-0.3, -0.25) is 9.59 Å². The second-order valence-electron chi connectivity index (χ2n) is 7.72. The molecule has 1 aliphatic heterocycles. The van der Waals surface area contributed by atoms with Gasteiger partial charge in [0.05, 0.1) is 0 Å². The second kappa shape index (κ2) is 8.77. The largest absolute Gasteiger partial charge is 0.480 e. The van der Waals surface area contributed by atoms with Crippen molar-refractivity contribution in [2.75, 3.05) is 26.4 Å². The maximum absolute atomic E-state index is 12.7. The number of fused-ring (bicyclic) bond motifs is 3. The third kappa shape index (κ3) is 4.25. The van der Waals surface area contributed by atoms with Gasteiger partial charge in [0.1, 0.15) is 18.7 Å². The average molecular weight is 424 g/mol. The molecular weight excluding hydrogens is 400 g/mol. The van der Waals surface area contributed by atoms with Crippen molar-refractivity contribution >= 4 is 18.0 Å². The highest BCUT2D eigenvalue weighted by Crippen LogP contribution is 2.44. The standard InChI is InChI=1S/C23H24N2O6/c26-20(27)13-24-21(28)23(9-11-30-12-10-23)25-22(29)31-14-19-17-7-3-1-5-15(17)16-6-2-4-8-18(16)19/h1-8,19H,9-14H2,(H,24,28)(H,25,29)(H,26,27). The fourth-order valence-electron chi connectivity index (χ4n) is 4.28. The Hall–Kier alpha value is -3.39. The van der Waals surface area contributed by atoms with Crippen LogP contribution in [0.4, 0.5) is 4.79 Å². The molecule has 1 heterocycles. The summed E-state index contributed by atoms with van der Waals surface area (Å²) in [5.41, 5.74) is 3.19. The van der Waals surface area contributed by atoms with Crippen LogP contribution in [0.15, 0.2) is 48.5 Å². The minimum Gasteiger partial charge on any atom is -0.480 e. The summed E-state index contributed by atoms with van der Waals surface area (Å²) < 4.78 is 10.9. The third-order valence-electron chi connectivity index (χ3n) is 5.87. The molecule has 0 spiro atoms. The summed E-state index contributed by atoms with van der Waals surface area (Å²) in [7, 11) is 0. The molecule has 1 saturated heterocycles. The first-order chi connectivity index (χ1) is 15.0. The summed E-state index contributed by atoms with van der Waals surface area (Å²) in [5, 5.41) is 13.9. The van der Waals surface area contributed by atoms with Crippen LogP contribution in [0.2, 0.25) is 0 Å². The highest BCUT2D eigenvalue weighted by Gasteiger charge is 2.42. The van der Waals surface area contributed by atoms with E-state index in [1.807, 2.05) is 36.4 Å². The highest BCUT2D eigenvalue weighted by atomic mass is 16.5. The molecule has 2 amide bonds. The first kappa shape index (κ1) is 20.9. The maximum Gasteiger partial charge on any atom is 0.408 e. The van der Waals surface area contributed by atoms with Gasteiger partial charge in [0.2, 0.25) is 5.91 Å². The Bertz CT molecular complexity index is 954. The Labute approximate surface area is 179 Å². The minimum atomic E-state index is -1.25. The maximum atomic E-state index is 12.7. The smallest absolute Gasteiger partial charge is 0.408 e. The van der Waals surface area contributed by atoms with Crippen LogP contribution in [0.3, 0.4) is 0 Å². The van der Waals surface area contributed by atoms with E-state index in [9.17, 15) is 14.4 Å². The van der Waals surface area contributed by atoms with Crippen molar-refractivity contribution in [3.05, 3.63) is 59.7 Å². The van der Waals surface area contributed by atoms with Crippen LogP contribution in [-0.4, -0.2) is 55.0 Å². The van der Waals surface area contributed by atoms with Crippen molar-refractivity contribution in [2.45, 2.75) is 24.3 Å². The Morgan fingerprint density at radius 2 is 1.58 bits per heavy atom. The molecule has 0 aromatic heterocycles. The quantitative estimate of drug-likeness (QED) is 0.656. The molecule has 8 nitrogen and oxygen atoms in total. The van der Waals surface area contributed by atoms with E-state index in [0.29, 0.717) is 0 Å². The zero-order valence-corrected chi connectivity index (χ0v) is 16.9. The Morgan fingerprint density at radius 1 is 1.00 bits per heavy atom. The Kier molecular flexibility index (Phi) is 5.90. The Morgan fingerprint density at radius 3 is 2.16 bits per heavy atom. The van der Waals surface area contributed by atoms with Gasteiger partial charge < -0.3 is 25.2 Å². The number of carbonyl (C=O) groups is 3. The van der Waals surface area contributed by atoms with Crippen molar-refractivity contribution in [3.63, 3.8) is 0 Å². The van der Waals surface area contributed by atoms with Gasteiger partial charge in [0.25, 0.3) is 0 Å². The number of carbonyl (C=O) groups excluding carboxylic acids is 2. The lowest BCUT2D eigenvalue weighted by Gasteiger charge is -2.35. The molecule has 8 heteroatoms. The molecule has 0 saturated carbocycles. The number of ether oxygens (including phenoxy) is 2. The van der Waals surface area contributed by atoms with E-state index >= 15 is 0 Å². The van der Waals surface area contributed by atoms with E-state index in [0.717, 1.165) is 22.3 Å². The van der Waals surface area contributed by atoms with E-state index < -0.39 is 30.1 Å². The molecule has 1 fully saturated rings. The van der Waals surface area contributed by atoms with Gasteiger partial charge in [0, 0.05) is 32.0 Å². The van der Waals surface area contributed by atoms with Crippen molar-refractivity contribution in [2.24, 2.45) is 0 Å². The molecule has 31 heavy (non-hydrogen) atoms. The number of aliphatic carboxylic acids is 1. The number of amides is 2. The van der Waals surface area contributed by atoms with E-state index in [1.165, 1.54) is 0 Å². The lowest BCUT2D eigenvalue weighted by Crippen LogP contribution is -2.61. The lowest BCUT2D eigenvalue weighted by atomic mass is 9.89. The molecule has 2 aromatic rings. The third-order valence-corrected chi connectivity index (χ3v) is 5.87. The van der Waals surface area contributed by atoms with Crippen molar-refractivity contribution in [1.82, 2.24) is 10.6 Å². The van der Waals surface area contributed by atoms with Gasteiger partial charge in [-0.15, -0.1) is 0 Å². The van der Waals surface area contributed by atoms with Gasteiger partial charge in [-0.2, -0.15) is 0 Å². The number of benzene rings is 2. The second-order valence-corrected chi connectivity index (χ2v) is 7.72. The van der Waals surface area contributed by atoms with E-state index in [-0.39, 0.29) is 38.6 Å². The lowest BCUT2D eigenvalue weighted by molar-refractivity contribution is -0.140. The number of rotatable bonds is 6. The zero-order chi connectivity index (χ0) is 21.8. The van der Waals surface area contributed by atoms with Gasteiger partial charge in [-0.05, 0) is 22.3 Å². The molecule has 2 aliphatic rings. The predicted molar refractivity (Wildman–Crippen MR) is 112 cm³/mol. The average Bonchev–Trinajstić information content (AvgIpc) is 3.10. The number of alkyl carbamates (subject to hydrolysis) is 1. The van der Waals surface area contributed by atoms with Crippen LogP contribution < -0.4 is 10.6 Å². The molecule has 0 bridgehead atoms. The van der Waals surface area contributed by atoms with Crippen molar-refractivity contribution in [3.8, 4) is 11.1 Å². The summed E-state index contributed by atoms with van der Waals surface area (Å²) in [5.74, 6) is -1.80. The van der Waals surface area contributed by atoms with Crippen molar-refractivity contribution in [1.29, 1.82) is 0 Å². The molecule has 2 aromatic carbocycles. The number of hydrogen-bond acceptors (Lipinski definition) is 5. The fourth-order valence-corrected chi connectivity index (χ4v) is 4.28. The van der Waals surface area contributed by atoms with Crippen LogP contribution in [0, 0.1) is 0 Å². The molecule has 1 aliphatic carbocycles. The number of carboxylic acid groups (broad SMARTS) is 1. The monoisotopic (exact) mass is 424 g/mol. The molecule has 0 atom stereocenters. The SMILES string of the molecule is O=C(O)CNC(=O)C1(NC(=O)OCC2c3ccccc3-c3ccccc32)CCOCC1. The summed E-state index contributed by atoms with van der Waals surface area (Å²) >= 11 is 0. The molecule has 162 valence electrons. The van der Waals surface area contributed by atoms with Crippen LogP contribution >= 0.6 is 0 Å². The molecular formula is C23H24N2O6. The molecule has 4 rings (SSSR count). The molecule has 0 radical (unpaired) electrons. The minimum absolute atomic E-state index is 0.0929. The number of hydrogen-bond donors (Lipinski definition) is 3. The normalized spacial score (nSPS) is 16.6. The summed E-state index contributed by atoms with van der Waals surface area (Å²) in [6.07, 6.45) is -0.236. The van der Waals surface area contributed by atoms with Gasteiger partial charge in [-0.1, -0.05) is 48.5 Å². The van der Waals surface area contributed by atoms with Crippen LogP contribution in [0.25, 0.3) is 11.1 Å². The summed E-state index contributed by atoms with van der Waals surface area (Å²) in [6, 6.07) is 16.0. The molecule has 0 unspecified atom stereocenters. The van der Waals surface area contributed by atoms with Crippen molar-refractivity contribution < 1.29 is 29.0 Å². The van der Waals surface area contributed by atoms with Crippen LogP contribution in [-0.2, 0) is 19.1 Å². The predicted octanol–water partition coefficient (Wildman–Crippen LogP) is 2.28. The van der Waals surface area contributed by atoms with Crippen LogP contribution in [0.5, 0.6) is 0 Å². The highest BCUT2D eigenvalue weighted by molar-refractivity contribution is 5.92. The fraction of sp³-hybridized carbons (Fsp3) is 0.348.